The second-order valence-electron chi connectivity index (χ2n) is 7.84. The van der Waals surface area contributed by atoms with Crippen molar-refractivity contribution in [1.82, 2.24) is 10.2 Å². The van der Waals surface area contributed by atoms with E-state index in [-0.39, 0.29) is 6.10 Å². The van der Waals surface area contributed by atoms with Gasteiger partial charge in [0.1, 0.15) is 11.9 Å². The number of piperidine rings is 1. The highest BCUT2D eigenvalue weighted by molar-refractivity contribution is 5.80. The van der Waals surface area contributed by atoms with E-state index in [4.69, 9.17) is 9.47 Å². The quantitative estimate of drug-likeness (QED) is 0.585. The molecule has 1 aromatic carbocycles. The Kier molecular flexibility index (Phi) is 7.81. The van der Waals surface area contributed by atoms with E-state index in [2.05, 4.69) is 22.1 Å². The fourth-order valence-electron chi connectivity index (χ4n) is 4.02. The standard InChI is InChI=1S/C22H35N3O2/c1-18(27-21-10-4-3-5-11-21)16-24-22(23-2)25-14-12-20(13-15-25)26-17-19-8-6-7-9-19/h3-5,10-11,18-20H,6-9,12-17H2,1-2H3,(H,23,24). The van der Waals surface area contributed by atoms with Crippen LogP contribution in [0.3, 0.4) is 0 Å². The van der Waals surface area contributed by atoms with Gasteiger partial charge in [0.05, 0.1) is 12.6 Å². The summed E-state index contributed by atoms with van der Waals surface area (Å²) in [5.41, 5.74) is 0. The number of benzene rings is 1. The van der Waals surface area contributed by atoms with Crippen LogP contribution in [0.25, 0.3) is 0 Å². The summed E-state index contributed by atoms with van der Waals surface area (Å²) in [5.74, 6) is 2.68. The van der Waals surface area contributed by atoms with Gasteiger partial charge in [-0.25, -0.2) is 0 Å². The highest BCUT2D eigenvalue weighted by Crippen LogP contribution is 2.26. The normalized spacial score (nSPS) is 20.7. The first-order valence-corrected chi connectivity index (χ1v) is 10.5. The monoisotopic (exact) mass is 373 g/mol. The SMILES string of the molecule is CN=C(NCC(C)Oc1ccccc1)N1CCC(OCC2CCCC2)CC1. The number of rotatable bonds is 7. The molecule has 0 amide bonds. The lowest BCUT2D eigenvalue weighted by atomic mass is 10.1. The Bertz CT molecular complexity index is 564. The smallest absolute Gasteiger partial charge is 0.193 e. The number of nitrogens with one attached hydrogen (secondary N) is 1. The third-order valence-corrected chi connectivity index (χ3v) is 5.62. The average molecular weight is 374 g/mol. The number of likely N-dealkylation sites (tertiary alicyclic amines) is 1. The molecule has 1 saturated heterocycles. The first kappa shape index (κ1) is 20.0. The Hall–Kier alpha value is -1.75. The second kappa shape index (κ2) is 10.5. The lowest BCUT2D eigenvalue weighted by molar-refractivity contribution is 0.000961. The third kappa shape index (κ3) is 6.42. The van der Waals surface area contributed by atoms with Crippen molar-refractivity contribution in [2.75, 3.05) is 33.3 Å². The molecule has 1 unspecified atom stereocenters. The minimum absolute atomic E-state index is 0.0800. The first-order valence-electron chi connectivity index (χ1n) is 10.5. The molecule has 0 spiro atoms. The van der Waals surface area contributed by atoms with Crippen molar-refractivity contribution in [3.8, 4) is 5.75 Å². The van der Waals surface area contributed by atoms with Gasteiger partial charge in [0.15, 0.2) is 5.96 Å². The highest BCUT2D eigenvalue weighted by atomic mass is 16.5. The minimum Gasteiger partial charge on any atom is -0.489 e. The zero-order chi connectivity index (χ0) is 18.9. The van der Waals surface area contributed by atoms with Gasteiger partial charge in [-0.3, -0.25) is 4.99 Å². The summed E-state index contributed by atoms with van der Waals surface area (Å²) in [6.45, 7) is 5.79. The van der Waals surface area contributed by atoms with Crippen LogP contribution >= 0.6 is 0 Å². The summed E-state index contributed by atoms with van der Waals surface area (Å²) in [4.78, 5) is 6.80. The van der Waals surface area contributed by atoms with Crippen molar-refractivity contribution in [1.29, 1.82) is 0 Å². The van der Waals surface area contributed by atoms with Crippen molar-refractivity contribution in [3.63, 3.8) is 0 Å². The van der Waals surface area contributed by atoms with Gasteiger partial charge in [-0.05, 0) is 50.7 Å². The average Bonchev–Trinajstić information content (AvgIpc) is 3.22. The lowest BCUT2D eigenvalue weighted by Gasteiger charge is -2.34. The predicted molar refractivity (Wildman–Crippen MR) is 110 cm³/mol. The van der Waals surface area contributed by atoms with Crippen molar-refractivity contribution in [2.45, 2.75) is 57.7 Å². The molecule has 0 bridgehead atoms. The topological polar surface area (TPSA) is 46.1 Å². The van der Waals surface area contributed by atoms with E-state index >= 15 is 0 Å². The van der Waals surface area contributed by atoms with E-state index in [0.29, 0.717) is 6.10 Å². The van der Waals surface area contributed by atoms with Crippen molar-refractivity contribution in [2.24, 2.45) is 10.9 Å². The summed E-state index contributed by atoms with van der Waals surface area (Å²) < 4.78 is 12.1. The summed E-state index contributed by atoms with van der Waals surface area (Å²) in [7, 11) is 1.85. The number of nitrogens with zero attached hydrogens (tertiary/aromatic N) is 2. The van der Waals surface area contributed by atoms with E-state index in [1.165, 1.54) is 25.7 Å². The van der Waals surface area contributed by atoms with Crippen LogP contribution in [0, 0.1) is 5.92 Å². The highest BCUT2D eigenvalue weighted by Gasteiger charge is 2.24. The maximum atomic E-state index is 6.19. The predicted octanol–water partition coefficient (Wildman–Crippen LogP) is 3.70. The van der Waals surface area contributed by atoms with E-state index < -0.39 is 0 Å². The van der Waals surface area contributed by atoms with Gasteiger partial charge in [0.2, 0.25) is 0 Å². The number of hydrogen-bond donors (Lipinski definition) is 1. The summed E-state index contributed by atoms with van der Waals surface area (Å²) in [6.07, 6.45) is 8.17. The number of hydrogen-bond acceptors (Lipinski definition) is 3. The van der Waals surface area contributed by atoms with Crippen molar-refractivity contribution < 1.29 is 9.47 Å². The zero-order valence-electron chi connectivity index (χ0n) is 16.9. The molecule has 1 aliphatic carbocycles. The van der Waals surface area contributed by atoms with Crippen LogP contribution in [0.1, 0.15) is 45.4 Å². The molecular weight excluding hydrogens is 338 g/mol. The summed E-state index contributed by atoms with van der Waals surface area (Å²) in [5, 5.41) is 3.46. The molecule has 150 valence electrons. The largest absolute Gasteiger partial charge is 0.489 e. The zero-order valence-corrected chi connectivity index (χ0v) is 16.9. The number of ether oxygens (including phenoxy) is 2. The molecule has 2 aliphatic rings. The molecule has 1 N–H and O–H groups in total. The van der Waals surface area contributed by atoms with Gasteiger partial charge in [-0.2, -0.15) is 0 Å². The molecule has 0 aromatic heterocycles. The van der Waals surface area contributed by atoms with Gasteiger partial charge < -0.3 is 19.7 Å². The van der Waals surface area contributed by atoms with Crippen LogP contribution in [-0.4, -0.2) is 56.4 Å². The molecule has 1 atom stereocenters. The lowest BCUT2D eigenvalue weighted by Crippen LogP contribution is -2.48. The van der Waals surface area contributed by atoms with Crippen LogP contribution in [-0.2, 0) is 4.74 Å². The van der Waals surface area contributed by atoms with Gasteiger partial charge in [0, 0.05) is 26.7 Å². The van der Waals surface area contributed by atoms with E-state index in [9.17, 15) is 0 Å². The Morgan fingerprint density at radius 3 is 2.52 bits per heavy atom. The Balaban J connectivity index is 1.35. The van der Waals surface area contributed by atoms with E-state index in [0.717, 1.165) is 56.7 Å². The Labute approximate surface area is 164 Å². The van der Waals surface area contributed by atoms with Crippen LogP contribution in [0.4, 0.5) is 0 Å². The van der Waals surface area contributed by atoms with E-state index in [1.54, 1.807) is 0 Å². The number of para-hydroxylation sites is 1. The molecule has 1 aromatic rings. The molecule has 2 fully saturated rings. The molecule has 27 heavy (non-hydrogen) atoms. The molecule has 1 saturated carbocycles. The Morgan fingerprint density at radius 2 is 1.85 bits per heavy atom. The van der Waals surface area contributed by atoms with Gasteiger partial charge in [-0.15, -0.1) is 0 Å². The van der Waals surface area contributed by atoms with E-state index in [1.807, 2.05) is 37.4 Å². The Morgan fingerprint density at radius 1 is 1.15 bits per heavy atom. The molecular formula is C22H35N3O2. The fourth-order valence-corrected chi connectivity index (χ4v) is 4.02. The van der Waals surface area contributed by atoms with Crippen LogP contribution in [0.2, 0.25) is 0 Å². The molecule has 1 aliphatic heterocycles. The third-order valence-electron chi connectivity index (χ3n) is 5.62. The van der Waals surface area contributed by atoms with Crippen LogP contribution < -0.4 is 10.1 Å². The second-order valence-corrected chi connectivity index (χ2v) is 7.84. The number of aliphatic imine (C=N–C) groups is 1. The minimum atomic E-state index is 0.0800. The maximum absolute atomic E-state index is 6.19. The number of guanidine groups is 1. The van der Waals surface area contributed by atoms with Gasteiger partial charge in [-0.1, -0.05) is 31.0 Å². The molecule has 5 nitrogen and oxygen atoms in total. The summed E-state index contributed by atoms with van der Waals surface area (Å²) >= 11 is 0. The van der Waals surface area contributed by atoms with Crippen LogP contribution in [0.15, 0.2) is 35.3 Å². The van der Waals surface area contributed by atoms with Gasteiger partial charge in [0.25, 0.3) is 0 Å². The molecule has 1 heterocycles. The van der Waals surface area contributed by atoms with Gasteiger partial charge >= 0.3 is 0 Å². The fraction of sp³-hybridized carbons (Fsp3) is 0.682. The van der Waals surface area contributed by atoms with Crippen molar-refractivity contribution in [3.05, 3.63) is 30.3 Å². The first-order chi connectivity index (χ1) is 13.2. The maximum Gasteiger partial charge on any atom is 0.193 e. The summed E-state index contributed by atoms with van der Waals surface area (Å²) in [6, 6.07) is 9.96. The molecule has 0 radical (unpaired) electrons. The van der Waals surface area contributed by atoms with Crippen molar-refractivity contribution >= 4 is 5.96 Å². The molecule has 5 heteroatoms. The molecule has 3 rings (SSSR count). The van der Waals surface area contributed by atoms with Crippen LogP contribution in [0.5, 0.6) is 5.75 Å².